The van der Waals surface area contributed by atoms with Crippen LogP contribution in [0, 0.1) is 11.3 Å². The van der Waals surface area contributed by atoms with Gasteiger partial charge in [0.2, 0.25) is 0 Å². The van der Waals surface area contributed by atoms with Gasteiger partial charge in [0.25, 0.3) is 0 Å². The zero-order chi connectivity index (χ0) is 12.1. The molecule has 1 unspecified atom stereocenters. The summed E-state index contributed by atoms with van der Waals surface area (Å²) in [5.74, 6) is 0.959. The lowest BCUT2D eigenvalue weighted by Crippen LogP contribution is -2.14. The van der Waals surface area contributed by atoms with Gasteiger partial charge in [0.05, 0.1) is 5.55 Å². The summed E-state index contributed by atoms with van der Waals surface area (Å²) >= 11 is 4.74. The van der Waals surface area contributed by atoms with E-state index in [0.29, 0.717) is 10.7 Å². The number of hydrogen-bond donors (Lipinski definition) is 0. The van der Waals surface area contributed by atoms with Gasteiger partial charge in [-0.1, -0.05) is 30.4 Å². The van der Waals surface area contributed by atoms with E-state index in [2.05, 4.69) is 22.0 Å². The van der Waals surface area contributed by atoms with Gasteiger partial charge in [-0.3, -0.25) is 0 Å². The molecular weight excluding hydrogens is 274 g/mol. The lowest BCUT2D eigenvalue weighted by molar-refractivity contribution is 0.579. The molecule has 0 fully saturated rings. The van der Waals surface area contributed by atoms with E-state index in [4.69, 9.17) is 5.26 Å². The van der Waals surface area contributed by atoms with Crippen LogP contribution in [0.5, 0.6) is 0 Å². The third kappa shape index (κ3) is 3.06. The molecule has 5 nitrogen and oxygen atoms in total. The molecule has 0 radical (unpaired) electrons. The molecule has 0 spiro atoms. The largest absolute Gasteiger partial charge is 0.245 e. The van der Waals surface area contributed by atoms with E-state index in [9.17, 15) is 0 Å². The van der Waals surface area contributed by atoms with E-state index >= 15 is 0 Å². The van der Waals surface area contributed by atoms with E-state index in [1.54, 1.807) is 29.9 Å². The number of thioether (sulfide) groups is 2. The van der Waals surface area contributed by atoms with Crippen LogP contribution in [-0.4, -0.2) is 30.4 Å². The zero-order valence-electron chi connectivity index (χ0n) is 8.98. The van der Waals surface area contributed by atoms with Crippen molar-refractivity contribution in [2.75, 3.05) is 5.75 Å². The van der Waals surface area contributed by atoms with Crippen LogP contribution in [0.1, 0.15) is 12.6 Å². The molecule has 0 N–H and O–H groups in total. The standard InChI is InChI=1S/C9H9N5S3/c1-2-16-14-9(15-6-13-14)17-8-7(5-10)11-3-4-12-8/h3-4,6,9H,2H2,1H3. The predicted molar refractivity (Wildman–Crippen MR) is 72.4 cm³/mol. The maximum atomic E-state index is 8.94. The third-order valence-corrected chi connectivity index (χ3v) is 5.05. The molecule has 88 valence electrons. The molecule has 2 rings (SSSR count). The van der Waals surface area contributed by atoms with Crippen LogP contribution in [0.4, 0.5) is 0 Å². The Morgan fingerprint density at radius 3 is 3.12 bits per heavy atom. The van der Waals surface area contributed by atoms with Gasteiger partial charge in [-0.15, -0.1) is 0 Å². The molecule has 0 aliphatic carbocycles. The Hall–Kier alpha value is -0.910. The first-order chi connectivity index (χ1) is 8.35. The molecule has 1 aromatic heterocycles. The Morgan fingerprint density at radius 1 is 1.53 bits per heavy atom. The number of rotatable bonds is 4. The molecule has 0 bridgehead atoms. The highest BCUT2D eigenvalue weighted by atomic mass is 32.2. The first-order valence-corrected chi connectivity index (χ1v) is 7.59. The van der Waals surface area contributed by atoms with Crippen molar-refractivity contribution < 1.29 is 0 Å². The van der Waals surface area contributed by atoms with Crippen LogP contribution >= 0.6 is 35.5 Å². The lowest BCUT2D eigenvalue weighted by Gasteiger charge is -2.19. The molecule has 1 aliphatic heterocycles. The second kappa shape index (κ2) is 6.14. The van der Waals surface area contributed by atoms with Gasteiger partial charge in [0.1, 0.15) is 11.1 Å². The van der Waals surface area contributed by atoms with Gasteiger partial charge in [-0.25, -0.2) is 14.4 Å². The summed E-state index contributed by atoms with van der Waals surface area (Å²) < 4.78 is 2.04. The summed E-state index contributed by atoms with van der Waals surface area (Å²) in [6.45, 7) is 2.08. The second-order valence-electron chi connectivity index (χ2n) is 2.82. The second-order valence-corrected chi connectivity index (χ2v) is 6.33. The summed E-state index contributed by atoms with van der Waals surface area (Å²) in [6.07, 6.45) is 3.13. The summed E-state index contributed by atoms with van der Waals surface area (Å²) in [4.78, 5) is 8.17. The van der Waals surface area contributed by atoms with Crippen molar-refractivity contribution in [2.24, 2.45) is 5.10 Å². The highest BCUT2D eigenvalue weighted by Gasteiger charge is 2.25. The highest BCUT2D eigenvalue weighted by molar-refractivity contribution is 8.24. The topological polar surface area (TPSA) is 65.2 Å². The van der Waals surface area contributed by atoms with Crippen molar-refractivity contribution in [2.45, 2.75) is 16.7 Å². The smallest absolute Gasteiger partial charge is 0.172 e. The van der Waals surface area contributed by atoms with Gasteiger partial charge in [-0.2, -0.15) is 10.4 Å². The van der Waals surface area contributed by atoms with Gasteiger partial charge in [0.15, 0.2) is 10.4 Å². The minimum atomic E-state index is 0.115. The molecule has 0 saturated heterocycles. The summed E-state index contributed by atoms with van der Waals surface area (Å²) in [7, 11) is 0. The van der Waals surface area contributed by atoms with Gasteiger partial charge in [-0.05, 0) is 11.9 Å². The van der Waals surface area contributed by atoms with Gasteiger partial charge < -0.3 is 0 Å². The monoisotopic (exact) mass is 283 g/mol. The molecular formula is C9H9N5S3. The Balaban J connectivity index is 2.08. The molecule has 0 aromatic carbocycles. The molecule has 2 heterocycles. The molecule has 1 aromatic rings. The van der Waals surface area contributed by atoms with Crippen LogP contribution in [0.15, 0.2) is 22.5 Å². The number of hydrazone groups is 1. The Bertz CT molecular complexity index is 458. The lowest BCUT2D eigenvalue weighted by atomic mass is 10.5. The van der Waals surface area contributed by atoms with Crippen molar-refractivity contribution in [3.8, 4) is 6.07 Å². The number of nitriles is 1. The van der Waals surface area contributed by atoms with Gasteiger partial charge in [0, 0.05) is 18.1 Å². The maximum Gasteiger partial charge on any atom is 0.172 e. The molecule has 8 heteroatoms. The number of hydrogen-bond acceptors (Lipinski definition) is 8. The summed E-state index contributed by atoms with van der Waals surface area (Å²) in [5.41, 5.74) is 2.18. The van der Waals surface area contributed by atoms with E-state index in [1.807, 2.05) is 16.0 Å². The first-order valence-electron chi connectivity index (χ1n) is 4.83. The van der Waals surface area contributed by atoms with Crippen LogP contribution in [0.3, 0.4) is 0 Å². The molecule has 1 aliphatic rings. The van der Waals surface area contributed by atoms with Crippen molar-refractivity contribution in [3.05, 3.63) is 18.1 Å². The fourth-order valence-electron chi connectivity index (χ4n) is 1.12. The van der Waals surface area contributed by atoms with Crippen LogP contribution in [-0.2, 0) is 0 Å². The number of aromatic nitrogens is 2. The highest BCUT2D eigenvalue weighted by Crippen LogP contribution is 2.39. The predicted octanol–water partition coefficient (Wildman–Crippen LogP) is 2.38. The SMILES string of the molecule is CCSN1N=CSC1Sc1nccnc1C#N. The van der Waals surface area contributed by atoms with Crippen molar-refractivity contribution >= 4 is 41.0 Å². The molecule has 0 amide bonds. The fourth-order valence-corrected chi connectivity index (χ4v) is 4.05. The van der Waals surface area contributed by atoms with E-state index in [-0.39, 0.29) is 4.71 Å². The Morgan fingerprint density at radius 2 is 2.35 bits per heavy atom. The van der Waals surface area contributed by atoms with E-state index < -0.39 is 0 Å². The Kier molecular flexibility index (Phi) is 4.53. The van der Waals surface area contributed by atoms with Crippen LogP contribution < -0.4 is 0 Å². The third-order valence-electron chi connectivity index (χ3n) is 1.76. The van der Waals surface area contributed by atoms with Gasteiger partial charge >= 0.3 is 0 Å². The molecule has 17 heavy (non-hydrogen) atoms. The van der Waals surface area contributed by atoms with Crippen molar-refractivity contribution in [1.82, 2.24) is 14.4 Å². The molecule has 1 atom stereocenters. The normalized spacial score (nSPS) is 18.4. The van der Waals surface area contributed by atoms with Crippen molar-refractivity contribution in [1.29, 1.82) is 5.26 Å². The fraction of sp³-hybridized carbons (Fsp3) is 0.333. The van der Waals surface area contributed by atoms with E-state index in [0.717, 1.165) is 5.75 Å². The van der Waals surface area contributed by atoms with Crippen molar-refractivity contribution in [3.63, 3.8) is 0 Å². The van der Waals surface area contributed by atoms with Crippen LogP contribution in [0.25, 0.3) is 0 Å². The minimum Gasteiger partial charge on any atom is -0.245 e. The quantitative estimate of drug-likeness (QED) is 0.786. The maximum absolute atomic E-state index is 8.94. The van der Waals surface area contributed by atoms with E-state index in [1.165, 1.54) is 18.0 Å². The minimum absolute atomic E-state index is 0.115. The number of nitrogens with zero attached hydrogens (tertiary/aromatic N) is 5. The summed E-state index contributed by atoms with van der Waals surface area (Å²) in [6, 6.07) is 2.05. The molecule has 0 saturated carbocycles. The average Bonchev–Trinajstić information content (AvgIpc) is 2.78. The zero-order valence-corrected chi connectivity index (χ0v) is 11.4. The first kappa shape index (κ1) is 12.5. The Labute approximate surface area is 112 Å². The van der Waals surface area contributed by atoms with Crippen LogP contribution in [0.2, 0.25) is 0 Å². The average molecular weight is 283 g/mol. The summed E-state index contributed by atoms with van der Waals surface area (Å²) in [5, 5.41) is 13.8.